The predicted molar refractivity (Wildman–Crippen MR) is 182 cm³/mol. The van der Waals surface area contributed by atoms with Gasteiger partial charge in [0.15, 0.2) is 0 Å². The maximum absolute atomic E-state index is 11.4. The first-order valence-corrected chi connectivity index (χ1v) is 16.2. The molecular formula is C33H37N6NaO11S. The van der Waals surface area contributed by atoms with E-state index >= 15 is 0 Å². The first kappa shape index (κ1) is 45.2. The Hall–Kier alpha value is -4.85. The molecule has 1 atom stereocenters. The number of allylic oxidation sites excluding steroid dienone is 1. The molecule has 5 aliphatic rings. The minimum Gasteiger partial charge on any atom is -0.744 e. The molecule has 272 valence electrons. The summed E-state index contributed by atoms with van der Waals surface area (Å²) in [6, 6.07) is 5.13. The molecule has 1 aromatic rings. The largest absolute Gasteiger partial charge is 1.00 e. The molecule has 0 fully saturated rings. The van der Waals surface area contributed by atoms with Crippen molar-refractivity contribution in [1.29, 1.82) is 0 Å². The molecule has 6 rings (SSSR count). The summed E-state index contributed by atoms with van der Waals surface area (Å²) >= 11 is 0. The molecule has 0 bridgehead atoms. The fraction of sp³-hybridized carbons (Fsp3) is 0.273. The summed E-state index contributed by atoms with van der Waals surface area (Å²) < 4.78 is 37.4. The monoisotopic (exact) mass is 748 g/mol. The van der Waals surface area contributed by atoms with E-state index in [1.165, 1.54) is 47.4 Å². The molecule has 52 heavy (non-hydrogen) atoms. The van der Waals surface area contributed by atoms with E-state index in [1.54, 1.807) is 6.08 Å². The summed E-state index contributed by atoms with van der Waals surface area (Å²) in [6.07, 6.45) is 10.2. The summed E-state index contributed by atoms with van der Waals surface area (Å²) in [7, 11) is -4.52. The third-order valence-corrected chi connectivity index (χ3v) is 7.58. The van der Waals surface area contributed by atoms with Crippen molar-refractivity contribution in [2.75, 3.05) is 37.7 Å². The molecule has 5 aliphatic heterocycles. The normalized spacial score (nSPS) is 18.2. The number of anilines is 1. The molecule has 7 amide bonds. The Morgan fingerprint density at radius 3 is 1.62 bits per heavy atom. The van der Waals surface area contributed by atoms with E-state index < -0.39 is 26.8 Å². The van der Waals surface area contributed by atoms with Crippen LogP contribution in [0.1, 0.15) is 21.3 Å². The average molecular weight is 749 g/mol. The Bertz CT molecular complexity index is 1720. The van der Waals surface area contributed by atoms with Crippen molar-refractivity contribution >= 4 is 63.0 Å². The number of hydrogen-bond acceptors (Lipinski definition) is 13. The number of carbonyl (C=O) groups is 7. The number of benzene rings is 1. The number of amidine groups is 1. The summed E-state index contributed by atoms with van der Waals surface area (Å²) in [4.78, 5) is 83.7. The number of nitrogens with zero attached hydrogens (tertiary/aromatic N) is 4. The third-order valence-electron chi connectivity index (χ3n) is 6.73. The second kappa shape index (κ2) is 20.9. The van der Waals surface area contributed by atoms with Crippen LogP contribution in [0.2, 0.25) is 0 Å². The predicted octanol–water partition coefficient (Wildman–Crippen LogP) is -2.90. The van der Waals surface area contributed by atoms with Crippen LogP contribution < -0.4 is 45.1 Å². The van der Waals surface area contributed by atoms with Crippen molar-refractivity contribution < 1.29 is 80.8 Å². The van der Waals surface area contributed by atoms with Crippen LogP contribution >= 0.6 is 0 Å². The summed E-state index contributed by atoms with van der Waals surface area (Å²) in [5.74, 6) is -1.34. The van der Waals surface area contributed by atoms with Crippen molar-refractivity contribution in [3.63, 3.8) is 0 Å². The molecular weight excluding hydrogens is 711 g/mol. The van der Waals surface area contributed by atoms with E-state index in [2.05, 4.69) is 23.8 Å². The number of aliphatic imine (C=N–C) groups is 1. The number of imide groups is 3. The average Bonchev–Trinajstić information content (AvgIpc) is 3.87. The van der Waals surface area contributed by atoms with Crippen LogP contribution in [0.4, 0.5) is 5.69 Å². The first-order chi connectivity index (χ1) is 23.6. The van der Waals surface area contributed by atoms with E-state index in [1.807, 2.05) is 12.2 Å². The maximum Gasteiger partial charge on any atom is 1.00 e. The summed E-state index contributed by atoms with van der Waals surface area (Å²) in [5.41, 5.74) is 0.861. The topological polar surface area (TPSA) is 232 Å². The van der Waals surface area contributed by atoms with E-state index in [9.17, 15) is 46.5 Å². The Labute approximate surface area is 322 Å². The van der Waals surface area contributed by atoms with Gasteiger partial charge >= 0.3 is 29.6 Å². The van der Waals surface area contributed by atoms with Gasteiger partial charge in [0.1, 0.15) is 10.1 Å². The fourth-order valence-electron chi connectivity index (χ4n) is 4.30. The van der Waals surface area contributed by atoms with Gasteiger partial charge in [0, 0.05) is 60.8 Å². The van der Waals surface area contributed by atoms with Crippen molar-refractivity contribution in [1.82, 2.24) is 20.4 Å². The van der Waals surface area contributed by atoms with Gasteiger partial charge in [-0.1, -0.05) is 14.0 Å². The Morgan fingerprint density at radius 2 is 1.25 bits per heavy atom. The summed E-state index contributed by atoms with van der Waals surface area (Å²) in [5, 5.41) is 5.19. The minimum absolute atomic E-state index is 0. The standard InChI is InChI=1S/C13H14N2O4.C10H7NO5S.C5H10N2.C4H3NO2.CH4.Na/c1-10-2-3-11(16)14(10)6-8-19-9-7-15-12(17)4-5-13(15)18;12-9-5-6-10(13)11(9)7-1-3-8(4-2-7)17(14,15)16;1-4-3-6-5(2)7-4;6-3-1-2-4(7)5-3;;/h2-5H,1,6-9H2;1-6H,(H,14,15,16);4H,3H2,1-2H3,(H,6,7);1-2H,(H,5,6,7);1H4;/q;;;;;+1/p-1. The van der Waals surface area contributed by atoms with Gasteiger partial charge in [0.05, 0.1) is 42.7 Å². The Morgan fingerprint density at radius 1 is 0.788 bits per heavy atom. The van der Waals surface area contributed by atoms with Gasteiger partial charge in [-0.2, -0.15) is 0 Å². The SMILES string of the molecule is C.C=C1C=CC(=O)N1CCOCCN1C(=O)C=CC1=O.CC1=NCC(C)N1.O=C1C=CC(=O)N1.O=C1C=CC(=O)N1c1ccc(S(=O)(=O)[O-])cc1.[Na+]. The molecule has 5 heterocycles. The molecule has 0 saturated heterocycles. The van der Waals surface area contributed by atoms with E-state index in [0.29, 0.717) is 24.9 Å². The van der Waals surface area contributed by atoms with Gasteiger partial charge in [-0.25, -0.2) is 13.3 Å². The van der Waals surface area contributed by atoms with Crippen LogP contribution in [0.15, 0.2) is 95.0 Å². The van der Waals surface area contributed by atoms with Crippen LogP contribution in [-0.4, -0.2) is 109 Å². The molecule has 17 nitrogen and oxygen atoms in total. The number of amides is 7. The van der Waals surface area contributed by atoms with E-state index in [0.717, 1.165) is 46.5 Å². The van der Waals surface area contributed by atoms with Crippen molar-refractivity contribution in [3.8, 4) is 0 Å². The minimum atomic E-state index is -4.52. The molecule has 1 unspecified atom stereocenters. The molecule has 2 N–H and O–H groups in total. The number of rotatable bonds is 8. The molecule has 0 spiro atoms. The quantitative estimate of drug-likeness (QED) is 0.118. The van der Waals surface area contributed by atoms with Crippen molar-refractivity contribution in [2.24, 2.45) is 4.99 Å². The summed E-state index contributed by atoms with van der Waals surface area (Å²) in [6.45, 7) is 10.00. The Kier molecular flexibility index (Phi) is 18.1. The zero-order valence-corrected chi connectivity index (χ0v) is 30.8. The smallest absolute Gasteiger partial charge is 0.744 e. The van der Waals surface area contributed by atoms with Crippen LogP contribution in [0.25, 0.3) is 0 Å². The number of carbonyl (C=O) groups excluding carboxylic acids is 7. The van der Waals surface area contributed by atoms with Gasteiger partial charge < -0.3 is 19.5 Å². The fourth-order valence-corrected chi connectivity index (χ4v) is 4.77. The van der Waals surface area contributed by atoms with Gasteiger partial charge in [-0.15, -0.1) is 0 Å². The molecule has 0 saturated carbocycles. The van der Waals surface area contributed by atoms with Gasteiger partial charge in [-0.05, 0) is 44.2 Å². The van der Waals surface area contributed by atoms with Gasteiger partial charge in [0.2, 0.25) is 0 Å². The molecule has 1 aromatic carbocycles. The molecule has 0 aliphatic carbocycles. The van der Waals surface area contributed by atoms with Crippen LogP contribution in [0.5, 0.6) is 0 Å². The molecule has 19 heteroatoms. The zero-order valence-electron chi connectivity index (χ0n) is 27.9. The number of nitrogens with one attached hydrogen (secondary N) is 2. The second-order valence-electron chi connectivity index (χ2n) is 10.5. The zero-order chi connectivity index (χ0) is 37.0. The van der Waals surface area contributed by atoms with Crippen molar-refractivity contribution in [3.05, 3.63) is 85.1 Å². The van der Waals surface area contributed by atoms with Crippen molar-refractivity contribution in [2.45, 2.75) is 32.2 Å². The van der Waals surface area contributed by atoms with Gasteiger partial charge in [-0.3, -0.25) is 48.8 Å². The molecule has 0 radical (unpaired) electrons. The van der Waals surface area contributed by atoms with Crippen LogP contribution in [0, 0.1) is 0 Å². The van der Waals surface area contributed by atoms with E-state index in [4.69, 9.17) is 4.74 Å². The number of ether oxygens (including phenoxy) is 1. The first-order valence-electron chi connectivity index (χ1n) is 14.8. The number of hydrogen-bond donors (Lipinski definition) is 2. The van der Waals surface area contributed by atoms with Gasteiger partial charge in [0.25, 0.3) is 41.4 Å². The van der Waals surface area contributed by atoms with Crippen LogP contribution in [0.3, 0.4) is 0 Å². The Balaban J connectivity index is 0.000000372. The van der Waals surface area contributed by atoms with Crippen LogP contribution in [-0.2, 0) is 48.4 Å². The molecule has 0 aromatic heterocycles. The second-order valence-corrected chi connectivity index (χ2v) is 11.9. The van der Waals surface area contributed by atoms with E-state index in [-0.39, 0.29) is 85.4 Å². The third kappa shape index (κ3) is 13.7. The maximum atomic E-state index is 11.4.